The van der Waals surface area contributed by atoms with Crippen LogP contribution in [0, 0.1) is 0 Å². The number of hydrogen-bond donors (Lipinski definition) is 0. The number of hydrogen-bond acceptors (Lipinski definition) is 5. The van der Waals surface area contributed by atoms with Crippen LogP contribution in [0.25, 0.3) is 11.4 Å². The van der Waals surface area contributed by atoms with Crippen LogP contribution in [0.3, 0.4) is 0 Å². The van der Waals surface area contributed by atoms with Crippen LogP contribution in [-0.2, 0) is 6.42 Å². The third kappa shape index (κ3) is 4.06. The second-order valence-electron chi connectivity index (χ2n) is 5.12. The fourth-order valence-corrected chi connectivity index (χ4v) is 2.41. The van der Waals surface area contributed by atoms with Crippen molar-refractivity contribution in [3.05, 3.63) is 59.4 Å². The van der Waals surface area contributed by atoms with Crippen LogP contribution < -0.4 is 9.47 Å². The maximum Gasteiger partial charge on any atom is 0.227 e. The monoisotopic (exact) mass is 344 g/mol. The summed E-state index contributed by atoms with van der Waals surface area (Å²) < 4.78 is 16.0. The SMILES string of the molecule is COc1ccc(OCCCc2nc(-c3ccccc3Cl)no2)cc1. The number of benzene rings is 2. The number of ether oxygens (including phenoxy) is 2. The van der Waals surface area contributed by atoms with Crippen molar-refractivity contribution in [1.29, 1.82) is 0 Å². The summed E-state index contributed by atoms with van der Waals surface area (Å²) in [6.45, 7) is 0.566. The van der Waals surface area contributed by atoms with Gasteiger partial charge in [0.25, 0.3) is 0 Å². The highest BCUT2D eigenvalue weighted by Gasteiger charge is 2.11. The summed E-state index contributed by atoms with van der Waals surface area (Å²) in [6.07, 6.45) is 1.42. The first-order chi connectivity index (χ1) is 11.8. The van der Waals surface area contributed by atoms with Gasteiger partial charge in [-0.25, -0.2) is 0 Å². The average Bonchev–Trinajstić information content (AvgIpc) is 3.08. The largest absolute Gasteiger partial charge is 0.497 e. The first-order valence-electron chi connectivity index (χ1n) is 7.60. The molecule has 2 aromatic carbocycles. The Morgan fingerprint density at radius 2 is 1.79 bits per heavy atom. The minimum absolute atomic E-state index is 0.506. The van der Waals surface area contributed by atoms with E-state index in [1.807, 2.05) is 42.5 Å². The molecule has 0 bridgehead atoms. The number of aryl methyl sites for hydroxylation is 1. The van der Waals surface area contributed by atoms with Crippen LogP contribution in [0.2, 0.25) is 5.02 Å². The molecule has 3 aromatic rings. The molecule has 0 unspecified atom stereocenters. The van der Waals surface area contributed by atoms with E-state index in [1.54, 1.807) is 13.2 Å². The summed E-state index contributed by atoms with van der Waals surface area (Å²) in [5.41, 5.74) is 0.767. The second kappa shape index (κ2) is 7.84. The van der Waals surface area contributed by atoms with Gasteiger partial charge in [-0.3, -0.25) is 0 Å². The molecule has 0 N–H and O–H groups in total. The standard InChI is InChI=1S/C18H17ClN2O3/c1-22-13-8-10-14(11-9-13)23-12-4-7-17-20-18(21-24-17)15-5-2-3-6-16(15)19/h2-3,5-6,8-11H,4,7,12H2,1H3. The molecule has 0 aliphatic rings. The van der Waals surface area contributed by atoms with Gasteiger partial charge in [0.2, 0.25) is 11.7 Å². The molecular formula is C18H17ClN2O3. The first kappa shape index (κ1) is 16.3. The van der Waals surface area contributed by atoms with Crippen molar-refractivity contribution >= 4 is 11.6 Å². The fourth-order valence-electron chi connectivity index (χ4n) is 2.19. The number of aromatic nitrogens is 2. The van der Waals surface area contributed by atoms with Gasteiger partial charge in [-0.15, -0.1) is 0 Å². The Balaban J connectivity index is 1.50. The Morgan fingerprint density at radius 3 is 2.54 bits per heavy atom. The average molecular weight is 345 g/mol. The number of rotatable bonds is 7. The van der Waals surface area contributed by atoms with Crippen molar-refractivity contribution in [3.63, 3.8) is 0 Å². The minimum atomic E-state index is 0.506. The predicted octanol–water partition coefficient (Wildman–Crippen LogP) is 4.41. The van der Waals surface area contributed by atoms with Crippen LogP contribution in [-0.4, -0.2) is 23.9 Å². The molecular weight excluding hydrogens is 328 g/mol. The lowest BCUT2D eigenvalue weighted by atomic mass is 10.2. The number of halogens is 1. The van der Waals surface area contributed by atoms with Crippen molar-refractivity contribution in [2.75, 3.05) is 13.7 Å². The van der Waals surface area contributed by atoms with Crippen molar-refractivity contribution in [1.82, 2.24) is 10.1 Å². The Hall–Kier alpha value is -2.53. The van der Waals surface area contributed by atoms with Crippen molar-refractivity contribution in [2.45, 2.75) is 12.8 Å². The summed E-state index contributed by atoms with van der Waals surface area (Å²) in [5, 5.41) is 4.58. The maximum atomic E-state index is 6.13. The van der Waals surface area contributed by atoms with Gasteiger partial charge in [0.15, 0.2) is 0 Å². The van der Waals surface area contributed by atoms with E-state index in [0.717, 1.165) is 23.5 Å². The van der Waals surface area contributed by atoms with E-state index >= 15 is 0 Å². The number of methoxy groups -OCH3 is 1. The molecule has 0 aliphatic carbocycles. The van der Waals surface area contributed by atoms with E-state index in [9.17, 15) is 0 Å². The topological polar surface area (TPSA) is 57.4 Å². The van der Waals surface area contributed by atoms with E-state index < -0.39 is 0 Å². The first-order valence-corrected chi connectivity index (χ1v) is 7.98. The molecule has 0 aliphatic heterocycles. The summed E-state index contributed by atoms with van der Waals surface area (Å²) in [4.78, 5) is 4.37. The normalized spacial score (nSPS) is 10.6. The zero-order chi connectivity index (χ0) is 16.8. The quantitative estimate of drug-likeness (QED) is 0.594. The smallest absolute Gasteiger partial charge is 0.227 e. The lowest BCUT2D eigenvalue weighted by molar-refractivity contribution is 0.298. The minimum Gasteiger partial charge on any atom is -0.497 e. The van der Waals surface area contributed by atoms with Gasteiger partial charge in [-0.05, 0) is 42.8 Å². The lowest BCUT2D eigenvalue weighted by Crippen LogP contribution is -1.99. The Bertz CT molecular complexity index is 787. The molecule has 0 atom stereocenters. The molecule has 124 valence electrons. The van der Waals surface area contributed by atoms with Crippen LogP contribution >= 0.6 is 11.6 Å². The van der Waals surface area contributed by atoms with E-state index in [0.29, 0.717) is 29.8 Å². The third-order valence-electron chi connectivity index (χ3n) is 3.45. The lowest BCUT2D eigenvalue weighted by Gasteiger charge is -2.05. The van der Waals surface area contributed by atoms with Crippen molar-refractivity contribution in [3.8, 4) is 22.9 Å². The summed E-state index contributed by atoms with van der Waals surface area (Å²) >= 11 is 6.13. The van der Waals surface area contributed by atoms with Crippen LogP contribution in [0.1, 0.15) is 12.3 Å². The fraction of sp³-hybridized carbons (Fsp3) is 0.222. The molecule has 3 rings (SSSR count). The van der Waals surface area contributed by atoms with Gasteiger partial charge in [0.1, 0.15) is 11.5 Å². The van der Waals surface area contributed by atoms with Gasteiger partial charge in [0, 0.05) is 12.0 Å². The van der Waals surface area contributed by atoms with Gasteiger partial charge in [-0.1, -0.05) is 28.9 Å². The molecule has 0 spiro atoms. The molecule has 0 amide bonds. The number of nitrogens with zero attached hydrogens (tertiary/aromatic N) is 2. The Kier molecular flexibility index (Phi) is 5.33. The van der Waals surface area contributed by atoms with Crippen LogP contribution in [0.4, 0.5) is 0 Å². The van der Waals surface area contributed by atoms with Gasteiger partial charge in [-0.2, -0.15) is 4.98 Å². The van der Waals surface area contributed by atoms with Gasteiger partial charge < -0.3 is 14.0 Å². The zero-order valence-electron chi connectivity index (χ0n) is 13.2. The molecule has 6 heteroatoms. The van der Waals surface area contributed by atoms with E-state index in [2.05, 4.69) is 10.1 Å². The molecule has 5 nitrogen and oxygen atoms in total. The molecule has 0 saturated carbocycles. The van der Waals surface area contributed by atoms with Gasteiger partial charge in [0.05, 0.1) is 18.7 Å². The van der Waals surface area contributed by atoms with E-state index in [1.165, 1.54) is 0 Å². The van der Waals surface area contributed by atoms with Crippen LogP contribution in [0.5, 0.6) is 11.5 Å². The summed E-state index contributed by atoms with van der Waals surface area (Å²) in [6, 6.07) is 14.9. The predicted molar refractivity (Wildman–Crippen MR) is 91.6 cm³/mol. The summed E-state index contributed by atoms with van der Waals surface area (Å²) in [5.74, 6) is 2.69. The highest BCUT2D eigenvalue weighted by atomic mass is 35.5. The third-order valence-corrected chi connectivity index (χ3v) is 3.78. The molecule has 0 radical (unpaired) electrons. The van der Waals surface area contributed by atoms with Gasteiger partial charge >= 0.3 is 0 Å². The highest BCUT2D eigenvalue weighted by molar-refractivity contribution is 6.33. The van der Waals surface area contributed by atoms with Crippen LogP contribution in [0.15, 0.2) is 53.1 Å². The molecule has 24 heavy (non-hydrogen) atoms. The van der Waals surface area contributed by atoms with Crippen molar-refractivity contribution in [2.24, 2.45) is 0 Å². The molecule has 0 fully saturated rings. The molecule has 1 aromatic heterocycles. The Morgan fingerprint density at radius 1 is 1.04 bits per heavy atom. The molecule has 1 heterocycles. The van der Waals surface area contributed by atoms with E-state index in [-0.39, 0.29) is 0 Å². The zero-order valence-corrected chi connectivity index (χ0v) is 14.0. The maximum absolute atomic E-state index is 6.13. The van der Waals surface area contributed by atoms with Crippen molar-refractivity contribution < 1.29 is 14.0 Å². The molecule has 0 saturated heterocycles. The Labute approximate surface area is 145 Å². The summed E-state index contributed by atoms with van der Waals surface area (Å²) in [7, 11) is 1.64. The van der Waals surface area contributed by atoms with E-state index in [4.69, 9.17) is 25.6 Å². The highest BCUT2D eigenvalue weighted by Crippen LogP contribution is 2.25. The second-order valence-corrected chi connectivity index (χ2v) is 5.53.